The average molecular weight is 326 g/mol. The number of ether oxygens (including phenoxy) is 1. The van der Waals surface area contributed by atoms with Gasteiger partial charge in [0.2, 0.25) is 0 Å². The maximum absolute atomic E-state index is 12.1. The number of benzene rings is 2. The Morgan fingerprint density at radius 3 is 2.46 bits per heavy atom. The molecule has 0 unspecified atom stereocenters. The number of rotatable bonds is 6. The minimum absolute atomic E-state index is 0.209. The Kier molecular flexibility index (Phi) is 6.24. The minimum Gasteiger partial charge on any atom is -0.491 e. The van der Waals surface area contributed by atoms with Gasteiger partial charge in [-0.05, 0) is 42.5 Å². The van der Waals surface area contributed by atoms with E-state index in [1.165, 1.54) is 0 Å². The molecular formula is C20H26N2O2. The Labute approximate surface area is 144 Å². The van der Waals surface area contributed by atoms with Crippen LogP contribution in [0.2, 0.25) is 0 Å². The number of urea groups is 1. The summed E-state index contributed by atoms with van der Waals surface area (Å²) in [6.45, 7) is 9.12. The van der Waals surface area contributed by atoms with Crippen LogP contribution in [0, 0.1) is 13.8 Å². The molecule has 2 rings (SSSR count). The summed E-state index contributed by atoms with van der Waals surface area (Å²) >= 11 is 0. The van der Waals surface area contributed by atoms with Crippen molar-refractivity contribution in [1.82, 2.24) is 5.32 Å². The molecule has 4 heteroatoms. The second-order valence-corrected chi connectivity index (χ2v) is 6.19. The molecular weight excluding hydrogens is 300 g/mol. The molecule has 2 amide bonds. The molecule has 0 aliphatic rings. The normalized spacial score (nSPS) is 10.5. The van der Waals surface area contributed by atoms with E-state index in [1.807, 2.05) is 50.2 Å². The molecule has 0 heterocycles. The first-order valence-electron chi connectivity index (χ1n) is 8.32. The van der Waals surface area contributed by atoms with E-state index in [2.05, 4.69) is 30.5 Å². The number of carbonyl (C=O) groups excluding carboxylic acids is 1. The average Bonchev–Trinajstić information content (AvgIpc) is 2.54. The Balaban J connectivity index is 1.85. The van der Waals surface area contributed by atoms with Gasteiger partial charge in [-0.15, -0.1) is 0 Å². The van der Waals surface area contributed by atoms with Crippen molar-refractivity contribution in [2.75, 3.05) is 18.5 Å². The van der Waals surface area contributed by atoms with Gasteiger partial charge in [0.15, 0.2) is 0 Å². The van der Waals surface area contributed by atoms with Gasteiger partial charge in [-0.1, -0.05) is 50.2 Å². The Bertz CT molecular complexity index is 696. The zero-order valence-electron chi connectivity index (χ0n) is 14.8. The third-order valence-corrected chi connectivity index (χ3v) is 3.90. The first-order valence-corrected chi connectivity index (χ1v) is 8.32. The number of carbonyl (C=O) groups is 1. The summed E-state index contributed by atoms with van der Waals surface area (Å²) in [5, 5.41) is 5.80. The van der Waals surface area contributed by atoms with Crippen molar-refractivity contribution in [3.05, 3.63) is 59.2 Å². The Morgan fingerprint density at radius 2 is 1.75 bits per heavy atom. The summed E-state index contributed by atoms with van der Waals surface area (Å²) in [7, 11) is 0. The van der Waals surface area contributed by atoms with E-state index in [0.717, 1.165) is 28.1 Å². The fourth-order valence-electron chi connectivity index (χ4n) is 2.54. The van der Waals surface area contributed by atoms with Gasteiger partial charge in [0.25, 0.3) is 0 Å². The highest BCUT2D eigenvalue weighted by Crippen LogP contribution is 2.27. The number of hydrogen-bond acceptors (Lipinski definition) is 2. The van der Waals surface area contributed by atoms with Gasteiger partial charge in [0.1, 0.15) is 12.4 Å². The number of amides is 2. The van der Waals surface area contributed by atoms with Gasteiger partial charge in [-0.25, -0.2) is 4.79 Å². The lowest BCUT2D eigenvalue weighted by atomic mass is 9.98. The Hall–Kier alpha value is -2.49. The summed E-state index contributed by atoms with van der Waals surface area (Å²) in [5.41, 5.74) is 4.18. The van der Waals surface area contributed by atoms with Crippen LogP contribution in [0.25, 0.3) is 0 Å². The highest BCUT2D eigenvalue weighted by Gasteiger charge is 2.11. The van der Waals surface area contributed by atoms with Crippen LogP contribution in [0.15, 0.2) is 42.5 Å². The van der Waals surface area contributed by atoms with E-state index >= 15 is 0 Å². The molecule has 0 saturated carbocycles. The summed E-state index contributed by atoms with van der Waals surface area (Å²) in [6.07, 6.45) is 0. The van der Waals surface area contributed by atoms with Crippen LogP contribution in [0.4, 0.5) is 10.5 Å². The lowest BCUT2D eigenvalue weighted by Crippen LogP contribution is -2.32. The van der Waals surface area contributed by atoms with Crippen molar-refractivity contribution < 1.29 is 9.53 Å². The summed E-state index contributed by atoms with van der Waals surface area (Å²) in [5.74, 6) is 1.20. The topological polar surface area (TPSA) is 50.4 Å². The molecule has 0 aliphatic carbocycles. The van der Waals surface area contributed by atoms with E-state index in [4.69, 9.17) is 4.74 Å². The van der Waals surface area contributed by atoms with E-state index in [0.29, 0.717) is 19.1 Å². The molecule has 4 nitrogen and oxygen atoms in total. The molecule has 24 heavy (non-hydrogen) atoms. The molecule has 0 fully saturated rings. The largest absolute Gasteiger partial charge is 0.491 e. The highest BCUT2D eigenvalue weighted by atomic mass is 16.5. The van der Waals surface area contributed by atoms with E-state index in [9.17, 15) is 4.79 Å². The van der Waals surface area contributed by atoms with Crippen LogP contribution in [0.3, 0.4) is 0 Å². The molecule has 0 atom stereocenters. The van der Waals surface area contributed by atoms with Gasteiger partial charge in [-0.2, -0.15) is 0 Å². The van der Waals surface area contributed by atoms with Crippen molar-refractivity contribution in [3.63, 3.8) is 0 Å². The van der Waals surface area contributed by atoms with Crippen LogP contribution in [0.1, 0.15) is 36.5 Å². The SMILES string of the molecule is Cc1ccccc1OCCNC(=O)Nc1c(C)cccc1C(C)C. The minimum atomic E-state index is -0.209. The van der Waals surface area contributed by atoms with E-state index in [1.54, 1.807) is 0 Å². The molecule has 0 aromatic heterocycles. The van der Waals surface area contributed by atoms with Crippen LogP contribution in [-0.4, -0.2) is 19.2 Å². The van der Waals surface area contributed by atoms with E-state index < -0.39 is 0 Å². The molecule has 0 spiro atoms. The predicted molar refractivity (Wildman–Crippen MR) is 99.0 cm³/mol. The monoisotopic (exact) mass is 326 g/mol. The van der Waals surface area contributed by atoms with Crippen molar-refractivity contribution in [2.24, 2.45) is 0 Å². The third kappa shape index (κ3) is 4.75. The molecule has 0 radical (unpaired) electrons. The van der Waals surface area contributed by atoms with Crippen LogP contribution >= 0.6 is 0 Å². The Morgan fingerprint density at radius 1 is 1.04 bits per heavy atom. The van der Waals surface area contributed by atoms with Crippen LogP contribution in [0.5, 0.6) is 5.75 Å². The fraction of sp³-hybridized carbons (Fsp3) is 0.350. The van der Waals surface area contributed by atoms with Gasteiger partial charge < -0.3 is 15.4 Å². The number of nitrogens with one attached hydrogen (secondary N) is 2. The predicted octanol–water partition coefficient (Wildman–Crippen LogP) is 4.63. The van der Waals surface area contributed by atoms with Crippen molar-refractivity contribution in [3.8, 4) is 5.75 Å². The fourth-order valence-corrected chi connectivity index (χ4v) is 2.54. The molecule has 0 bridgehead atoms. The van der Waals surface area contributed by atoms with Gasteiger partial charge >= 0.3 is 6.03 Å². The lowest BCUT2D eigenvalue weighted by Gasteiger charge is -2.17. The number of para-hydroxylation sites is 2. The number of anilines is 1. The van der Waals surface area contributed by atoms with Gasteiger partial charge in [-0.3, -0.25) is 0 Å². The smallest absolute Gasteiger partial charge is 0.319 e. The third-order valence-electron chi connectivity index (χ3n) is 3.90. The molecule has 0 saturated heterocycles. The maximum Gasteiger partial charge on any atom is 0.319 e. The molecule has 2 N–H and O–H groups in total. The quantitative estimate of drug-likeness (QED) is 0.761. The highest BCUT2D eigenvalue weighted by molar-refractivity contribution is 5.91. The first kappa shape index (κ1) is 17.9. The number of hydrogen-bond donors (Lipinski definition) is 2. The standard InChI is InChI=1S/C20H26N2O2/c1-14(2)17-10-7-9-16(4)19(17)22-20(23)21-12-13-24-18-11-6-5-8-15(18)3/h5-11,14H,12-13H2,1-4H3,(H2,21,22,23). The molecule has 2 aromatic rings. The number of aryl methyl sites for hydroxylation is 2. The second-order valence-electron chi connectivity index (χ2n) is 6.19. The summed E-state index contributed by atoms with van der Waals surface area (Å²) in [6, 6.07) is 13.7. The lowest BCUT2D eigenvalue weighted by molar-refractivity contribution is 0.247. The van der Waals surface area contributed by atoms with Crippen molar-refractivity contribution in [1.29, 1.82) is 0 Å². The van der Waals surface area contributed by atoms with E-state index in [-0.39, 0.29) is 6.03 Å². The first-order chi connectivity index (χ1) is 11.5. The zero-order chi connectivity index (χ0) is 17.5. The van der Waals surface area contributed by atoms with Gasteiger partial charge in [0.05, 0.1) is 6.54 Å². The molecule has 0 aliphatic heterocycles. The summed E-state index contributed by atoms with van der Waals surface area (Å²) in [4.78, 5) is 12.1. The van der Waals surface area contributed by atoms with Gasteiger partial charge in [0, 0.05) is 5.69 Å². The van der Waals surface area contributed by atoms with Crippen LogP contribution < -0.4 is 15.4 Å². The molecule has 2 aromatic carbocycles. The maximum atomic E-state index is 12.1. The zero-order valence-corrected chi connectivity index (χ0v) is 14.8. The second kappa shape index (κ2) is 8.39. The summed E-state index contributed by atoms with van der Waals surface area (Å²) < 4.78 is 5.68. The van der Waals surface area contributed by atoms with Crippen molar-refractivity contribution in [2.45, 2.75) is 33.6 Å². The molecule has 128 valence electrons. The van der Waals surface area contributed by atoms with Crippen LogP contribution in [-0.2, 0) is 0 Å². The van der Waals surface area contributed by atoms with Crippen molar-refractivity contribution >= 4 is 11.7 Å².